The first kappa shape index (κ1) is 15.0. The molecule has 0 aliphatic carbocycles. The molecule has 0 amide bonds. The highest BCUT2D eigenvalue weighted by Crippen LogP contribution is 2.24. The lowest BCUT2D eigenvalue weighted by Crippen LogP contribution is -2.31. The molecule has 3 heteroatoms. The first-order chi connectivity index (χ1) is 9.76. The standard InChI is InChI=1S/C17H23NO2/c1-3-18(11-12-20-2)13-17(19)16-10-6-8-14-7-4-5-9-15(14)16/h4-10,17,19H,3,11-13H2,1-2H3. The maximum atomic E-state index is 10.5. The van der Waals surface area contributed by atoms with E-state index in [0.717, 1.165) is 24.0 Å². The van der Waals surface area contributed by atoms with Crippen LogP contribution >= 0.6 is 0 Å². The Morgan fingerprint density at radius 3 is 2.65 bits per heavy atom. The van der Waals surface area contributed by atoms with Crippen LogP contribution in [0.2, 0.25) is 0 Å². The molecule has 2 rings (SSSR count). The fourth-order valence-corrected chi connectivity index (χ4v) is 2.48. The molecule has 2 aromatic rings. The molecule has 0 saturated carbocycles. The molecule has 0 bridgehead atoms. The molecular weight excluding hydrogens is 250 g/mol. The Bertz CT molecular complexity index is 536. The summed E-state index contributed by atoms with van der Waals surface area (Å²) < 4.78 is 5.11. The molecule has 0 saturated heterocycles. The molecule has 0 radical (unpaired) electrons. The van der Waals surface area contributed by atoms with Crippen molar-refractivity contribution < 1.29 is 9.84 Å². The molecule has 2 aromatic carbocycles. The van der Waals surface area contributed by atoms with Gasteiger partial charge >= 0.3 is 0 Å². The van der Waals surface area contributed by atoms with Gasteiger partial charge in [-0.05, 0) is 22.9 Å². The monoisotopic (exact) mass is 273 g/mol. The Hall–Kier alpha value is -1.42. The quantitative estimate of drug-likeness (QED) is 0.842. The Morgan fingerprint density at radius 1 is 1.15 bits per heavy atom. The van der Waals surface area contributed by atoms with Gasteiger partial charge < -0.3 is 9.84 Å². The summed E-state index contributed by atoms with van der Waals surface area (Å²) in [6.07, 6.45) is -0.474. The van der Waals surface area contributed by atoms with Gasteiger partial charge in [-0.3, -0.25) is 4.90 Å². The van der Waals surface area contributed by atoms with Crippen LogP contribution in [-0.4, -0.2) is 43.4 Å². The summed E-state index contributed by atoms with van der Waals surface area (Å²) in [7, 11) is 1.70. The van der Waals surface area contributed by atoms with Crippen molar-refractivity contribution >= 4 is 10.8 Å². The third-order valence-electron chi connectivity index (χ3n) is 3.67. The van der Waals surface area contributed by atoms with E-state index in [1.807, 2.05) is 24.3 Å². The predicted molar refractivity (Wildman–Crippen MR) is 82.9 cm³/mol. The van der Waals surface area contributed by atoms with Crippen molar-refractivity contribution in [1.82, 2.24) is 4.90 Å². The van der Waals surface area contributed by atoms with E-state index in [1.165, 1.54) is 5.39 Å². The maximum absolute atomic E-state index is 10.5. The topological polar surface area (TPSA) is 32.7 Å². The molecule has 1 N–H and O–H groups in total. The molecule has 3 nitrogen and oxygen atoms in total. The molecule has 1 atom stereocenters. The fourth-order valence-electron chi connectivity index (χ4n) is 2.48. The normalized spacial score (nSPS) is 13.0. The van der Waals surface area contributed by atoms with Crippen LogP contribution in [0.4, 0.5) is 0 Å². The van der Waals surface area contributed by atoms with Crippen molar-refractivity contribution in [1.29, 1.82) is 0 Å². The Labute approximate surface area is 120 Å². The van der Waals surface area contributed by atoms with E-state index < -0.39 is 6.10 Å². The lowest BCUT2D eigenvalue weighted by Gasteiger charge is -2.24. The van der Waals surface area contributed by atoms with Crippen molar-refractivity contribution in [2.45, 2.75) is 13.0 Å². The zero-order valence-corrected chi connectivity index (χ0v) is 12.2. The average Bonchev–Trinajstić information content (AvgIpc) is 2.50. The lowest BCUT2D eigenvalue weighted by molar-refractivity contribution is 0.0928. The summed E-state index contributed by atoms with van der Waals surface area (Å²) in [6, 6.07) is 14.3. The number of hydrogen-bond donors (Lipinski definition) is 1. The van der Waals surface area contributed by atoms with Crippen LogP contribution in [0.3, 0.4) is 0 Å². The molecule has 0 heterocycles. The second-order valence-electron chi connectivity index (χ2n) is 4.97. The highest BCUT2D eigenvalue weighted by Gasteiger charge is 2.14. The number of ether oxygens (including phenoxy) is 1. The fraction of sp³-hybridized carbons (Fsp3) is 0.412. The number of fused-ring (bicyclic) bond motifs is 1. The minimum absolute atomic E-state index is 0.474. The molecule has 1 unspecified atom stereocenters. The van der Waals surface area contributed by atoms with Gasteiger partial charge in [0.25, 0.3) is 0 Å². The summed E-state index contributed by atoms with van der Waals surface area (Å²) in [6.45, 7) is 5.18. The number of benzene rings is 2. The van der Waals surface area contributed by atoms with Crippen LogP contribution in [0, 0.1) is 0 Å². The zero-order chi connectivity index (χ0) is 14.4. The second-order valence-corrected chi connectivity index (χ2v) is 4.97. The third-order valence-corrected chi connectivity index (χ3v) is 3.67. The van der Waals surface area contributed by atoms with E-state index in [9.17, 15) is 5.11 Å². The number of hydrogen-bond acceptors (Lipinski definition) is 3. The maximum Gasteiger partial charge on any atom is 0.0922 e. The lowest BCUT2D eigenvalue weighted by atomic mass is 10.00. The van der Waals surface area contributed by atoms with Crippen molar-refractivity contribution in [2.75, 3.05) is 33.4 Å². The van der Waals surface area contributed by atoms with E-state index in [2.05, 4.69) is 30.0 Å². The van der Waals surface area contributed by atoms with Gasteiger partial charge in [0.15, 0.2) is 0 Å². The average molecular weight is 273 g/mol. The Kier molecular flexibility index (Phi) is 5.53. The van der Waals surface area contributed by atoms with Crippen molar-refractivity contribution in [3.05, 3.63) is 48.0 Å². The molecule has 108 valence electrons. The number of rotatable bonds is 7. The van der Waals surface area contributed by atoms with E-state index >= 15 is 0 Å². The first-order valence-corrected chi connectivity index (χ1v) is 7.13. The zero-order valence-electron chi connectivity index (χ0n) is 12.2. The van der Waals surface area contributed by atoms with Gasteiger partial charge in [-0.2, -0.15) is 0 Å². The van der Waals surface area contributed by atoms with Crippen LogP contribution in [0.25, 0.3) is 10.8 Å². The number of likely N-dealkylation sites (N-methyl/N-ethyl adjacent to an activating group) is 1. The number of aliphatic hydroxyl groups excluding tert-OH is 1. The number of methoxy groups -OCH3 is 1. The van der Waals surface area contributed by atoms with E-state index in [-0.39, 0.29) is 0 Å². The van der Waals surface area contributed by atoms with Crippen molar-refractivity contribution in [3.8, 4) is 0 Å². The van der Waals surface area contributed by atoms with Crippen LogP contribution in [-0.2, 0) is 4.74 Å². The molecular formula is C17H23NO2. The SMILES string of the molecule is CCN(CCOC)CC(O)c1cccc2ccccc12. The van der Waals surface area contributed by atoms with Gasteiger partial charge in [-0.25, -0.2) is 0 Å². The van der Waals surface area contributed by atoms with Gasteiger partial charge in [0, 0.05) is 20.2 Å². The summed E-state index contributed by atoms with van der Waals surface area (Å²) in [5.41, 5.74) is 0.999. The summed E-state index contributed by atoms with van der Waals surface area (Å²) in [5, 5.41) is 12.8. The van der Waals surface area contributed by atoms with Crippen LogP contribution in [0.1, 0.15) is 18.6 Å². The predicted octanol–water partition coefficient (Wildman–Crippen LogP) is 2.84. The highest BCUT2D eigenvalue weighted by atomic mass is 16.5. The van der Waals surface area contributed by atoms with E-state index in [4.69, 9.17) is 4.74 Å². The van der Waals surface area contributed by atoms with Crippen LogP contribution in [0.5, 0.6) is 0 Å². The summed E-state index contributed by atoms with van der Waals surface area (Å²) in [4.78, 5) is 2.20. The molecule has 20 heavy (non-hydrogen) atoms. The molecule has 0 aliphatic rings. The minimum atomic E-state index is -0.474. The smallest absolute Gasteiger partial charge is 0.0922 e. The van der Waals surface area contributed by atoms with Crippen molar-refractivity contribution in [3.63, 3.8) is 0 Å². The van der Waals surface area contributed by atoms with Crippen molar-refractivity contribution in [2.24, 2.45) is 0 Å². The van der Waals surface area contributed by atoms with E-state index in [0.29, 0.717) is 13.2 Å². The minimum Gasteiger partial charge on any atom is -0.387 e. The Morgan fingerprint density at radius 2 is 1.90 bits per heavy atom. The van der Waals surface area contributed by atoms with Crippen LogP contribution in [0.15, 0.2) is 42.5 Å². The number of nitrogens with zero attached hydrogens (tertiary/aromatic N) is 1. The second kappa shape index (κ2) is 7.39. The van der Waals surface area contributed by atoms with Crippen LogP contribution < -0.4 is 0 Å². The first-order valence-electron chi connectivity index (χ1n) is 7.13. The van der Waals surface area contributed by atoms with Gasteiger partial charge in [0.05, 0.1) is 12.7 Å². The highest BCUT2D eigenvalue weighted by molar-refractivity contribution is 5.85. The summed E-state index contributed by atoms with van der Waals surface area (Å²) in [5.74, 6) is 0. The third kappa shape index (κ3) is 3.57. The van der Waals surface area contributed by atoms with E-state index in [1.54, 1.807) is 7.11 Å². The largest absolute Gasteiger partial charge is 0.387 e. The number of aliphatic hydroxyl groups is 1. The molecule has 0 aliphatic heterocycles. The summed E-state index contributed by atoms with van der Waals surface area (Å²) >= 11 is 0. The molecule has 0 spiro atoms. The van der Waals surface area contributed by atoms with Gasteiger partial charge in [-0.15, -0.1) is 0 Å². The van der Waals surface area contributed by atoms with Gasteiger partial charge in [0.2, 0.25) is 0 Å². The molecule has 0 aromatic heterocycles. The van der Waals surface area contributed by atoms with Gasteiger partial charge in [-0.1, -0.05) is 49.4 Å². The van der Waals surface area contributed by atoms with Gasteiger partial charge in [0.1, 0.15) is 0 Å². The Balaban J connectivity index is 2.16. The molecule has 0 fully saturated rings.